The topological polar surface area (TPSA) is 39.4 Å². The lowest BCUT2D eigenvalue weighted by molar-refractivity contribution is 0.0417. The molecule has 3 nitrogen and oxygen atoms in total. The number of esters is 1. The van der Waals surface area contributed by atoms with E-state index in [1.54, 1.807) is 0 Å². The molecule has 0 spiro atoms. The molecule has 1 aromatic heterocycles. The quantitative estimate of drug-likeness (QED) is 0.541. The molecule has 104 valence electrons. The highest BCUT2D eigenvalue weighted by Crippen LogP contribution is 2.38. The molecule has 0 N–H and O–H groups in total. The van der Waals surface area contributed by atoms with E-state index in [1.807, 2.05) is 30.3 Å². The molecule has 0 bridgehead atoms. The molecule has 1 aliphatic rings. The summed E-state index contributed by atoms with van der Waals surface area (Å²) in [7, 11) is 0. The van der Waals surface area contributed by atoms with Crippen molar-refractivity contribution >= 4 is 28.6 Å². The second-order valence-corrected chi connectivity index (χ2v) is 7.21. The van der Waals surface area contributed by atoms with Crippen molar-refractivity contribution in [1.82, 2.24) is 0 Å². The molecule has 0 amide bonds. The zero-order chi connectivity index (χ0) is 14.5. The molecule has 4 heteroatoms. The first-order valence-electron chi connectivity index (χ1n) is 6.47. The van der Waals surface area contributed by atoms with Gasteiger partial charge in [-0.2, -0.15) is 0 Å². The number of halogens is 1. The van der Waals surface area contributed by atoms with Crippen LogP contribution in [0.2, 0.25) is 0 Å². The third-order valence-corrected chi connectivity index (χ3v) is 4.04. The Morgan fingerprint density at radius 1 is 1.15 bits per heavy atom. The van der Waals surface area contributed by atoms with Gasteiger partial charge in [0.25, 0.3) is 0 Å². The predicted octanol–water partition coefficient (Wildman–Crippen LogP) is 4.44. The fourth-order valence-corrected chi connectivity index (χ4v) is 2.77. The Balaban J connectivity index is 2.02. The largest absolute Gasteiger partial charge is 0.461 e. The van der Waals surface area contributed by atoms with Crippen molar-refractivity contribution in [3.63, 3.8) is 0 Å². The van der Waals surface area contributed by atoms with E-state index in [-0.39, 0.29) is 11.4 Å². The molecule has 2 aromatic rings. The molecule has 2 heterocycles. The number of rotatable bonds is 1. The highest BCUT2D eigenvalue weighted by molar-refractivity contribution is 14.1. The molecule has 1 unspecified atom stereocenters. The fourth-order valence-electron chi connectivity index (χ4n) is 2.28. The van der Waals surface area contributed by atoms with Crippen molar-refractivity contribution in [2.75, 3.05) is 0 Å². The lowest BCUT2D eigenvalue weighted by atomic mass is 9.94. The first kappa shape index (κ1) is 13.7. The molecule has 1 aromatic carbocycles. The standard InChI is InChI=1S/C16H15IO3/c1-16(2,3)13-7-6-12(19-13)14-10-5-4-9(17)8-11(10)15(18)20-14/h4-8,14H,1-3H3. The SMILES string of the molecule is CC(C)(C)c1ccc(C2OC(=O)c3cc(I)ccc32)o1. The van der Waals surface area contributed by atoms with E-state index in [4.69, 9.17) is 9.15 Å². The van der Waals surface area contributed by atoms with Gasteiger partial charge in [0.15, 0.2) is 6.10 Å². The van der Waals surface area contributed by atoms with Gasteiger partial charge in [-0.25, -0.2) is 4.79 Å². The molecule has 0 saturated heterocycles. The number of hydrogen-bond donors (Lipinski definition) is 0. The van der Waals surface area contributed by atoms with Crippen molar-refractivity contribution in [2.24, 2.45) is 0 Å². The van der Waals surface area contributed by atoms with Crippen molar-refractivity contribution in [1.29, 1.82) is 0 Å². The molecule has 3 rings (SSSR count). The first-order chi connectivity index (χ1) is 9.36. The zero-order valence-electron chi connectivity index (χ0n) is 11.6. The molecule has 0 saturated carbocycles. The van der Waals surface area contributed by atoms with Gasteiger partial charge in [0, 0.05) is 14.5 Å². The summed E-state index contributed by atoms with van der Waals surface area (Å²) in [5.74, 6) is 1.29. The Morgan fingerprint density at radius 2 is 1.90 bits per heavy atom. The van der Waals surface area contributed by atoms with Crippen LogP contribution in [0.5, 0.6) is 0 Å². The van der Waals surface area contributed by atoms with Crippen molar-refractivity contribution in [3.8, 4) is 0 Å². The van der Waals surface area contributed by atoms with E-state index in [0.29, 0.717) is 11.3 Å². The molecular weight excluding hydrogens is 367 g/mol. The minimum atomic E-state index is -0.425. The van der Waals surface area contributed by atoms with Gasteiger partial charge in [-0.15, -0.1) is 0 Å². The van der Waals surface area contributed by atoms with Crippen LogP contribution in [0.1, 0.15) is 54.3 Å². The summed E-state index contributed by atoms with van der Waals surface area (Å²) in [4.78, 5) is 11.9. The number of cyclic esters (lactones) is 1. The Morgan fingerprint density at radius 3 is 2.55 bits per heavy atom. The summed E-state index contributed by atoms with van der Waals surface area (Å²) in [5, 5.41) is 0. The Labute approximate surface area is 131 Å². The van der Waals surface area contributed by atoms with Crippen LogP contribution in [-0.2, 0) is 10.2 Å². The van der Waals surface area contributed by atoms with Crippen LogP contribution in [0.15, 0.2) is 34.7 Å². The highest BCUT2D eigenvalue weighted by atomic mass is 127. The van der Waals surface area contributed by atoms with E-state index in [2.05, 4.69) is 43.4 Å². The van der Waals surface area contributed by atoms with E-state index < -0.39 is 6.10 Å². The molecule has 1 aliphatic heterocycles. The maximum Gasteiger partial charge on any atom is 0.339 e. The van der Waals surface area contributed by atoms with Crippen LogP contribution >= 0.6 is 22.6 Å². The van der Waals surface area contributed by atoms with Crippen molar-refractivity contribution < 1.29 is 13.9 Å². The lowest BCUT2D eigenvalue weighted by Gasteiger charge is -2.15. The highest BCUT2D eigenvalue weighted by Gasteiger charge is 2.35. The molecule has 1 atom stereocenters. The van der Waals surface area contributed by atoms with Gasteiger partial charge in [0.1, 0.15) is 11.5 Å². The Kier molecular flexibility index (Phi) is 3.16. The van der Waals surface area contributed by atoms with E-state index >= 15 is 0 Å². The summed E-state index contributed by atoms with van der Waals surface area (Å²) in [6.07, 6.45) is -0.425. The van der Waals surface area contributed by atoms with Crippen molar-refractivity contribution in [2.45, 2.75) is 32.3 Å². The average molecular weight is 382 g/mol. The maximum absolute atomic E-state index is 11.9. The van der Waals surface area contributed by atoms with E-state index in [9.17, 15) is 4.79 Å². The van der Waals surface area contributed by atoms with Gasteiger partial charge < -0.3 is 9.15 Å². The fraction of sp³-hybridized carbons (Fsp3) is 0.312. The van der Waals surface area contributed by atoms with Gasteiger partial charge >= 0.3 is 5.97 Å². The van der Waals surface area contributed by atoms with Crippen molar-refractivity contribution in [3.05, 3.63) is 56.5 Å². The van der Waals surface area contributed by atoms with Gasteiger partial charge in [-0.05, 0) is 46.9 Å². The van der Waals surface area contributed by atoms with Gasteiger partial charge in [-0.3, -0.25) is 0 Å². The van der Waals surface area contributed by atoms with E-state index in [1.165, 1.54) is 0 Å². The van der Waals surface area contributed by atoms with Gasteiger partial charge in [-0.1, -0.05) is 26.8 Å². The number of fused-ring (bicyclic) bond motifs is 1. The number of furan rings is 1. The van der Waals surface area contributed by atoms with Crippen LogP contribution in [0.25, 0.3) is 0 Å². The summed E-state index contributed by atoms with van der Waals surface area (Å²) in [6.45, 7) is 6.27. The van der Waals surface area contributed by atoms with Crippen LogP contribution < -0.4 is 0 Å². The Hall–Kier alpha value is -1.30. The third-order valence-electron chi connectivity index (χ3n) is 3.37. The number of ether oxygens (including phenoxy) is 1. The second kappa shape index (κ2) is 4.62. The molecule has 0 fully saturated rings. The second-order valence-electron chi connectivity index (χ2n) is 5.97. The molecule has 20 heavy (non-hydrogen) atoms. The number of carbonyl (C=O) groups excluding carboxylic acids is 1. The van der Waals surface area contributed by atoms with Crippen LogP contribution in [0.4, 0.5) is 0 Å². The first-order valence-corrected chi connectivity index (χ1v) is 7.55. The van der Waals surface area contributed by atoms with E-state index in [0.717, 1.165) is 14.9 Å². The monoisotopic (exact) mass is 382 g/mol. The molecule has 0 aliphatic carbocycles. The number of carbonyl (C=O) groups is 1. The number of hydrogen-bond acceptors (Lipinski definition) is 3. The van der Waals surface area contributed by atoms with Crippen LogP contribution in [0.3, 0.4) is 0 Å². The summed E-state index contributed by atoms with van der Waals surface area (Å²) in [5.41, 5.74) is 1.45. The molecule has 0 radical (unpaired) electrons. The normalized spacial score (nSPS) is 18.0. The third kappa shape index (κ3) is 2.26. The van der Waals surface area contributed by atoms with Gasteiger partial charge in [0.05, 0.1) is 5.56 Å². The van der Waals surface area contributed by atoms with Crippen LogP contribution in [0, 0.1) is 3.57 Å². The lowest BCUT2D eigenvalue weighted by Crippen LogP contribution is -2.09. The van der Waals surface area contributed by atoms with Gasteiger partial charge in [0.2, 0.25) is 0 Å². The number of benzene rings is 1. The summed E-state index contributed by atoms with van der Waals surface area (Å²) >= 11 is 2.19. The zero-order valence-corrected chi connectivity index (χ0v) is 13.7. The Bertz CT molecular complexity index is 679. The van der Waals surface area contributed by atoms with Crippen LogP contribution in [-0.4, -0.2) is 5.97 Å². The smallest absolute Gasteiger partial charge is 0.339 e. The summed E-state index contributed by atoms with van der Waals surface area (Å²) in [6, 6.07) is 9.61. The summed E-state index contributed by atoms with van der Waals surface area (Å²) < 4.78 is 12.4. The molecular formula is C16H15IO3. The maximum atomic E-state index is 11.9. The predicted molar refractivity (Wildman–Crippen MR) is 83.8 cm³/mol. The minimum Gasteiger partial charge on any atom is -0.461 e. The minimum absolute atomic E-state index is 0.0598. The average Bonchev–Trinajstić information content (AvgIpc) is 2.94.